The molecule has 0 aromatic carbocycles. The highest BCUT2D eigenvalue weighted by Gasteiger charge is 2.44. The van der Waals surface area contributed by atoms with Crippen molar-refractivity contribution >= 4 is 0 Å². The molecule has 1 spiro atoms. The fourth-order valence-electron chi connectivity index (χ4n) is 3.54. The molecule has 1 saturated carbocycles. The predicted octanol–water partition coefficient (Wildman–Crippen LogP) is 2.91. The van der Waals surface area contributed by atoms with E-state index in [2.05, 4.69) is 25.8 Å². The molecule has 2 aliphatic rings. The normalized spacial score (nSPS) is 33.7. The van der Waals surface area contributed by atoms with Gasteiger partial charge in [0, 0.05) is 12.6 Å². The largest absolute Gasteiger partial charge is 0.303 e. The molecule has 76 valence electrons. The van der Waals surface area contributed by atoms with E-state index in [4.69, 9.17) is 0 Å². The highest BCUT2D eigenvalue weighted by molar-refractivity contribution is 4.97. The second-order valence-electron chi connectivity index (χ2n) is 5.64. The van der Waals surface area contributed by atoms with Gasteiger partial charge in [-0.05, 0) is 37.6 Å². The smallest absolute Gasteiger partial charge is 0.0121 e. The van der Waals surface area contributed by atoms with E-state index in [1.54, 1.807) is 0 Å². The second kappa shape index (κ2) is 3.27. The van der Waals surface area contributed by atoms with Gasteiger partial charge in [-0.15, -0.1) is 0 Å². The van der Waals surface area contributed by atoms with Crippen LogP contribution in [0.3, 0.4) is 0 Å². The number of hydrogen-bond acceptors (Lipinski definition) is 1. The maximum absolute atomic E-state index is 2.61. The van der Waals surface area contributed by atoms with Crippen molar-refractivity contribution in [1.29, 1.82) is 0 Å². The maximum atomic E-state index is 2.61. The van der Waals surface area contributed by atoms with Crippen molar-refractivity contribution in [1.82, 2.24) is 4.90 Å². The molecule has 1 nitrogen and oxygen atoms in total. The molecule has 0 unspecified atom stereocenters. The maximum Gasteiger partial charge on any atom is 0.0121 e. The molecule has 1 aliphatic heterocycles. The van der Waals surface area contributed by atoms with Gasteiger partial charge < -0.3 is 4.90 Å². The highest BCUT2D eigenvalue weighted by Crippen LogP contribution is 2.48. The van der Waals surface area contributed by atoms with E-state index in [0.29, 0.717) is 0 Å². The van der Waals surface area contributed by atoms with Gasteiger partial charge in [0.1, 0.15) is 0 Å². The fourth-order valence-corrected chi connectivity index (χ4v) is 3.54. The predicted molar refractivity (Wildman–Crippen MR) is 56.8 cm³/mol. The third-order valence-electron chi connectivity index (χ3n) is 4.23. The molecule has 0 N–H and O–H groups in total. The summed E-state index contributed by atoms with van der Waals surface area (Å²) in [5, 5.41) is 0. The van der Waals surface area contributed by atoms with Gasteiger partial charge in [0.15, 0.2) is 0 Å². The minimum absolute atomic E-state index is 0.740. The Morgan fingerprint density at radius 2 is 1.85 bits per heavy atom. The van der Waals surface area contributed by atoms with Gasteiger partial charge in [-0.1, -0.05) is 26.7 Å². The lowest BCUT2D eigenvalue weighted by Gasteiger charge is -2.22. The van der Waals surface area contributed by atoms with E-state index in [1.807, 2.05) is 0 Å². The van der Waals surface area contributed by atoms with E-state index in [-0.39, 0.29) is 0 Å². The Morgan fingerprint density at radius 1 is 1.23 bits per heavy atom. The average molecular weight is 181 g/mol. The summed E-state index contributed by atoms with van der Waals surface area (Å²) in [5.41, 5.74) is 0.740. The van der Waals surface area contributed by atoms with E-state index in [0.717, 1.165) is 17.4 Å². The van der Waals surface area contributed by atoms with Gasteiger partial charge in [-0.3, -0.25) is 0 Å². The Labute approximate surface area is 82.5 Å². The SMILES string of the molecule is CC(C)[C@@H]1CC2(CCCC2)CN1C. The molecular weight excluding hydrogens is 158 g/mol. The zero-order valence-electron chi connectivity index (χ0n) is 9.34. The third kappa shape index (κ3) is 1.63. The molecule has 2 fully saturated rings. The molecule has 13 heavy (non-hydrogen) atoms. The van der Waals surface area contributed by atoms with Crippen molar-refractivity contribution in [3.63, 3.8) is 0 Å². The molecule has 1 saturated heterocycles. The highest BCUT2D eigenvalue weighted by atomic mass is 15.2. The molecular formula is C12H23N. The van der Waals surface area contributed by atoms with Gasteiger partial charge in [0.25, 0.3) is 0 Å². The monoisotopic (exact) mass is 181 g/mol. The second-order valence-corrected chi connectivity index (χ2v) is 5.64. The van der Waals surface area contributed by atoms with Crippen LogP contribution < -0.4 is 0 Å². The van der Waals surface area contributed by atoms with E-state index in [1.165, 1.54) is 38.6 Å². The van der Waals surface area contributed by atoms with E-state index < -0.39 is 0 Å². The summed E-state index contributed by atoms with van der Waals surface area (Å²) in [6.07, 6.45) is 7.44. The van der Waals surface area contributed by atoms with Crippen molar-refractivity contribution in [2.75, 3.05) is 13.6 Å². The standard InChI is InChI=1S/C12H23N/c1-10(2)11-8-12(9-13(11)3)6-4-5-7-12/h10-11H,4-9H2,1-3H3/t11-/m0/s1. The van der Waals surface area contributed by atoms with Crippen LogP contribution in [-0.4, -0.2) is 24.5 Å². The average Bonchev–Trinajstić information content (AvgIpc) is 2.60. The van der Waals surface area contributed by atoms with Crippen LogP contribution in [0.15, 0.2) is 0 Å². The summed E-state index contributed by atoms with van der Waals surface area (Å²) in [5.74, 6) is 0.838. The molecule has 0 aromatic rings. The van der Waals surface area contributed by atoms with Crippen molar-refractivity contribution in [3.05, 3.63) is 0 Å². The van der Waals surface area contributed by atoms with Crippen LogP contribution in [0.1, 0.15) is 46.0 Å². The number of likely N-dealkylation sites (tertiary alicyclic amines) is 1. The van der Waals surface area contributed by atoms with Crippen molar-refractivity contribution in [3.8, 4) is 0 Å². The number of hydrogen-bond donors (Lipinski definition) is 0. The quantitative estimate of drug-likeness (QED) is 0.601. The first-order valence-corrected chi connectivity index (χ1v) is 5.83. The van der Waals surface area contributed by atoms with Gasteiger partial charge >= 0.3 is 0 Å². The van der Waals surface area contributed by atoms with Crippen LogP contribution in [-0.2, 0) is 0 Å². The van der Waals surface area contributed by atoms with Crippen LogP contribution in [0.4, 0.5) is 0 Å². The summed E-state index contributed by atoms with van der Waals surface area (Å²) in [4.78, 5) is 2.61. The van der Waals surface area contributed by atoms with Gasteiger partial charge in [-0.2, -0.15) is 0 Å². The molecule has 1 heteroatoms. The Balaban J connectivity index is 2.05. The number of nitrogens with zero attached hydrogens (tertiary/aromatic N) is 1. The summed E-state index contributed by atoms with van der Waals surface area (Å²) in [6, 6.07) is 0.859. The minimum Gasteiger partial charge on any atom is -0.303 e. The zero-order chi connectivity index (χ0) is 9.47. The van der Waals surface area contributed by atoms with Gasteiger partial charge in [0.2, 0.25) is 0 Å². The first-order valence-electron chi connectivity index (χ1n) is 5.83. The molecule has 0 aromatic heterocycles. The lowest BCUT2D eigenvalue weighted by molar-refractivity contribution is 0.245. The lowest BCUT2D eigenvalue weighted by Crippen LogP contribution is -2.29. The van der Waals surface area contributed by atoms with E-state index >= 15 is 0 Å². The van der Waals surface area contributed by atoms with Crippen LogP contribution >= 0.6 is 0 Å². The molecule has 0 bridgehead atoms. The lowest BCUT2D eigenvalue weighted by atomic mass is 9.82. The van der Waals surface area contributed by atoms with Crippen LogP contribution in [0, 0.1) is 11.3 Å². The Morgan fingerprint density at radius 3 is 2.31 bits per heavy atom. The minimum atomic E-state index is 0.740. The fraction of sp³-hybridized carbons (Fsp3) is 1.00. The van der Waals surface area contributed by atoms with Crippen molar-refractivity contribution in [2.45, 2.75) is 52.0 Å². The molecule has 1 aliphatic carbocycles. The third-order valence-corrected chi connectivity index (χ3v) is 4.23. The topological polar surface area (TPSA) is 3.24 Å². The first kappa shape index (κ1) is 9.51. The van der Waals surface area contributed by atoms with Crippen LogP contribution in [0.2, 0.25) is 0 Å². The van der Waals surface area contributed by atoms with Gasteiger partial charge in [0.05, 0.1) is 0 Å². The summed E-state index contributed by atoms with van der Waals surface area (Å²) in [6.45, 7) is 6.11. The molecule has 2 rings (SSSR count). The first-order chi connectivity index (χ1) is 6.13. The summed E-state index contributed by atoms with van der Waals surface area (Å²) in [7, 11) is 2.32. The van der Waals surface area contributed by atoms with Crippen LogP contribution in [0.5, 0.6) is 0 Å². The van der Waals surface area contributed by atoms with Crippen molar-refractivity contribution < 1.29 is 0 Å². The molecule has 0 amide bonds. The Bertz CT molecular complexity index is 180. The van der Waals surface area contributed by atoms with Gasteiger partial charge in [-0.25, -0.2) is 0 Å². The summed E-state index contributed by atoms with van der Waals surface area (Å²) >= 11 is 0. The van der Waals surface area contributed by atoms with Crippen molar-refractivity contribution in [2.24, 2.45) is 11.3 Å². The Hall–Kier alpha value is -0.0400. The molecule has 1 atom stereocenters. The summed E-state index contributed by atoms with van der Waals surface area (Å²) < 4.78 is 0. The van der Waals surface area contributed by atoms with Crippen LogP contribution in [0.25, 0.3) is 0 Å². The van der Waals surface area contributed by atoms with E-state index in [9.17, 15) is 0 Å². The Kier molecular flexibility index (Phi) is 2.39. The zero-order valence-corrected chi connectivity index (χ0v) is 9.34. The molecule has 0 radical (unpaired) electrons. The number of rotatable bonds is 1. The molecule has 1 heterocycles.